The molecule has 0 aliphatic rings. The van der Waals surface area contributed by atoms with E-state index >= 15 is 0 Å². The summed E-state index contributed by atoms with van der Waals surface area (Å²) >= 11 is -0.202. The number of hydrogen-bond acceptors (Lipinski definition) is 3. The Kier molecular flexibility index (Phi) is 2.33. The normalized spacial score (nSPS) is 11.5. The van der Waals surface area contributed by atoms with Crippen LogP contribution in [0.2, 0.25) is 0 Å². The average Bonchev–Trinajstić information content (AvgIpc) is 1.85. The van der Waals surface area contributed by atoms with Crippen molar-refractivity contribution in [3.8, 4) is 0 Å². The van der Waals surface area contributed by atoms with Gasteiger partial charge in [-0.1, -0.05) is 0 Å². The third kappa shape index (κ3) is 3.22. The quantitative estimate of drug-likeness (QED) is 0.619. The Morgan fingerprint density at radius 1 is 1.27 bits per heavy atom. The van der Waals surface area contributed by atoms with E-state index in [2.05, 4.69) is 10.2 Å². The fraction of sp³-hybridized carbons (Fsp3) is 0.200. The summed E-state index contributed by atoms with van der Waals surface area (Å²) in [5.41, 5.74) is -4.25. The van der Waals surface area contributed by atoms with Crippen molar-refractivity contribution in [1.29, 1.82) is 0 Å². The molecule has 6 heteroatoms. The van der Waals surface area contributed by atoms with E-state index in [9.17, 15) is 13.2 Å². The van der Waals surface area contributed by atoms with E-state index < -0.39 is 5.51 Å². The lowest BCUT2D eigenvalue weighted by atomic mass is 10.6. The summed E-state index contributed by atoms with van der Waals surface area (Å²) in [6.07, 6.45) is 2.28. The van der Waals surface area contributed by atoms with Gasteiger partial charge in [0.15, 0.2) is 0 Å². The molecular weight excluding hydrogens is 177 g/mol. The molecule has 0 saturated heterocycles. The first kappa shape index (κ1) is 8.32. The molecule has 1 aromatic heterocycles. The van der Waals surface area contributed by atoms with Gasteiger partial charge in [0.05, 0.1) is 12.4 Å². The SMILES string of the molecule is FC(F)(F)Sc1ccnnc1. The monoisotopic (exact) mass is 180 g/mol. The zero-order valence-corrected chi connectivity index (χ0v) is 5.99. The second kappa shape index (κ2) is 3.08. The van der Waals surface area contributed by atoms with Crippen LogP contribution in [-0.2, 0) is 0 Å². The van der Waals surface area contributed by atoms with Gasteiger partial charge in [0.2, 0.25) is 0 Å². The van der Waals surface area contributed by atoms with Crippen LogP contribution in [0.15, 0.2) is 23.4 Å². The van der Waals surface area contributed by atoms with Crippen LogP contribution in [-0.4, -0.2) is 15.7 Å². The van der Waals surface area contributed by atoms with Crippen molar-refractivity contribution in [1.82, 2.24) is 10.2 Å². The molecule has 1 aromatic rings. The molecule has 0 fully saturated rings. The van der Waals surface area contributed by atoms with E-state index in [-0.39, 0.29) is 16.7 Å². The van der Waals surface area contributed by atoms with E-state index in [1.807, 2.05) is 0 Å². The molecule has 11 heavy (non-hydrogen) atoms. The highest BCUT2D eigenvalue weighted by Gasteiger charge is 2.29. The summed E-state index contributed by atoms with van der Waals surface area (Å²) in [5.74, 6) is 0. The molecule has 0 spiro atoms. The Balaban J connectivity index is 2.66. The third-order valence-electron chi connectivity index (χ3n) is 0.791. The fourth-order valence-corrected chi connectivity index (χ4v) is 0.969. The minimum atomic E-state index is -4.25. The van der Waals surface area contributed by atoms with Crippen molar-refractivity contribution in [2.24, 2.45) is 0 Å². The maximum absolute atomic E-state index is 11.7. The van der Waals surface area contributed by atoms with Gasteiger partial charge in [-0.15, -0.1) is 0 Å². The number of alkyl halides is 3. The van der Waals surface area contributed by atoms with Gasteiger partial charge < -0.3 is 0 Å². The van der Waals surface area contributed by atoms with Crippen LogP contribution in [0.1, 0.15) is 0 Å². The summed E-state index contributed by atoms with van der Waals surface area (Å²) in [4.78, 5) is 0.0486. The molecular formula is C5H3F3N2S. The minimum Gasteiger partial charge on any atom is -0.160 e. The average molecular weight is 180 g/mol. The molecule has 0 atom stereocenters. The second-order valence-electron chi connectivity index (χ2n) is 1.63. The summed E-state index contributed by atoms with van der Waals surface area (Å²) < 4.78 is 35.0. The van der Waals surface area contributed by atoms with Gasteiger partial charge in [0, 0.05) is 4.90 Å². The van der Waals surface area contributed by atoms with Crippen molar-refractivity contribution in [3.05, 3.63) is 18.5 Å². The van der Waals surface area contributed by atoms with Crippen LogP contribution in [0.25, 0.3) is 0 Å². The number of halogens is 3. The molecule has 0 bridgehead atoms. The Morgan fingerprint density at radius 3 is 2.45 bits per heavy atom. The molecule has 1 rings (SSSR count). The first-order valence-electron chi connectivity index (χ1n) is 2.60. The highest BCUT2D eigenvalue weighted by molar-refractivity contribution is 8.00. The summed E-state index contributed by atoms with van der Waals surface area (Å²) in [6.45, 7) is 0. The molecule has 0 aliphatic heterocycles. The van der Waals surface area contributed by atoms with Gasteiger partial charge in [-0.3, -0.25) is 0 Å². The lowest BCUT2D eigenvalue weighted by Gasteiger charge is -2.02. The van der Waals surface area contributed by atoms with Crippen LogP contribution in [0, 0.1) is 0 Å². The Bertz CT molecular complexity index is 223. The maximum Gasteiger partial charge on any atom is 0.446 e. The van der Waals surface area contributed by atoms with E-state index in [1.165, 1.54) is 12.3 Å². The molecule has 0 N–H and O–H groups in total. The van der Waals surface area contributed by atoms with Crippen molar-refractivity contribution < 1.29 is 13.2 Å². The van der Waals surface area contributed by atoms with Gasteiger partial charge in [0.25, 0.3) is 0 Å². The first-order chi connectivity index (χ1) is 5.08. The zero-order chi connectivity index (χ0) is 8.32. The Labute approximate surface area is 64.8 Å². The Morgan fingerprint density at radius 2 is 2.00 bits per heavy atom. The summed E-state index contributed by atoms with van der Waals surface area (Å²) in [6, 6.07) is 1.26. The van der Waals surface area contributed by atoms with E-state index in [1.54, 1.807) is 0 Å². The number of rotatable bonds is 1. The molecule has 0 amide bonds. The van der Waals surface area contributed by atoms with Crippen LogP contribution < -0.4 is 0 Å². The molecule has 1 heterocycles. The molecule has 0 aliphatic carbocycles. The number of nitrogens with zero attached hydrogens (tertiary/aromatic N) is 2. The predicted octanol–water partition coefficient (Wildman–Crippen LogP) is 2.09. The molecule has 2 nitrogen and oxygen atoms in total. The van der Waals surface area contributed by atoms with Crippen molar-refractivity contribution in [2.45, 2.75) is 10.4 Å². The largest absolute Gasteiger partial charge is 0.446 e. The molecule has 0 radical (unpaired) electrons. The molecule has 0 aromatic carbocycles. The minimum absolute atomic E-state index is 0.0486. The van der Waals surface area contributed by atoms with Crippen LogP contribution in [0.3, 0.4) is 0 Å². The second-order valence-corrected chi connectivity index (χ2v) is 2.76. The van der Waals surface area contributed by atoms with Gasteiger partial charge >= 0.3 is 5.51 Å². The van der Waals surface area contributed by atoms with E-state index in [4.69, 9.17) is 0 Å². The van der Waals surface area contributed by atoms with Gasteiger partial charge in [-0.05, 0) is 17.8 Å². The first-order valence-corrected chi connectivity index (χ1v) is 3.42. The number of aromatic nitrogens is 2. The van der Waals surface area contributed by atoms with Crippen molar-refractivity contribution in [2.75, 3.05) is 0 Å². The van der Waals surface area contributed by atoms with Crippen LogP contribution in [0.4, 0.5) is 13.2 Å². The fourth-order valence-electron chi connectivity index (χ4n) is 0.473. The van der Waals surface area contributed by atoms with Crippen LogP contribution in [0.5, 0.6) is 0 Å². The third-order valence-corrected chi connectivity index (χ3v) is 1.50. The molecule has 0 unspecified atom stereocenters. The zero-order valence-electron chi connectivity index (χ0n) is 5.17. The topological polar surface area (TPSA) is 25.8 Å². The standard InChI is InChI=1S/C5H3F3N2S/c6-5(7,8)11-4-1-2-9-10-3-4/h1-3H. The Hall–Kier alpha value is -0.780. The number of thioether (sulfide) groups is 1. The summed E-state index contributed by atoms with van der Waals surface area (Å²) in [7, 11) is 0. The smallest absolute Gasteiger partial charge is 0.160 e. The lowest BCUT2D eigenvalue weighted by molar-refractivity contribution is -0.0328. The van der Waals surface area contributed by atoms with Gasteiger partial charge in [-0.25, -0.2) is 0 Å². The highest BCUT2D eigenvalue weighted by Crippen LogP contribution is 2.35. The molecule has 0 saturated carbocycles. The van der Waals surface area contributed by atoms with Gasteiger partial charge in [0.1, 0.15) is 0 Å². The van der Waals surface area contributed by atoms with E-state index in [0.29, 0.717) is 0 Å². The highest BCUT2D eigenvalue weighted by atomic mass is 32.2. The van der Waals surface area contributed by atoms with Gasteiger partial charge in [-0.2, -0.15) is 23.4 Å². The lowest BCUT2D eigenvalue weighted by Crippen LogP contribution is -1.99. The van der Waals surface area contributed by atoms with Crippen molar-refractivity contribution in [3.63, 3.8) is 0 Å². The summed E-state index contributed by atoms with van der Waals surface area (Å²) in [5, 5.41) is 6.64. The number of hydrogen-bond donors (Lipinski definition) is 0. The van der Waals surface area contributed by atoms with Crippen LogP contribution >= 0.6 is 11.8 Å². The van der Waals surface area contributed by atoms with E-state index in [0.717, 1.165) is 6.20 Å². The molecule has 60 valence electrons. The van der Waals surface area contributed by atoms with Crippen molar-refractivity contribution >= 4 is 11.8 Å². The maximum atomic E-state index is 11.7. The predicted molar refractivity (Wildman–Crippen MR) is 33.9 cm³/mol.